The highest BCUT2D eigenvalue weighted by Crippen LogP contribution is 2.30. The summed E-state index contributed by atoms with van der Waals surface area (Å²) < 4.78 is 34.2. The highest BCUT2D eigenvalue weighted by Gasteiger charge is 2.29. The first kappa shape index (κ1) is 24.8. The second kappa shape index (κ2) is 11.4. The lowest BCUT2D eigenvalue weighted by Crippen LogP contribution is -2.35. The van der Waals surface area contributed by atoms with Gasteiger partial charge in [-0.3, -0.25) is 9.10 Å². The van der Waals surface area contributed by atoms with Gasteiger partial charge in [0.15, 0.2) is 0 Å². The van der Waals surface area contributed by atoms with Gasteiger partial charge in [-0.1, -0.05) is 61.7 Å². The largest absolute Gasteiger partial charge is 0.497 e. The molecule has 0 radical (unpaired) electrons. The molecule has 0 aliphatic heterocycles. The first-order valence-corrected chi connectivity index (χ1v) is 13.5. The number of nitrogens with zero attached hydrogens (tertiary/aromatic N) is 1. The number of sulfonamides is 1. The zero-order valence-corrected chi connectivity index (χ0v) is 20.8. The van der Waals surface area contributed by atoms with Gasteiger partial charge in [-0.25, -0.2) is 8.42 Å². The van der Waals surface area contributed by atoms with E-state index in [1.165, 1.54) is 42.8 Å². The second-order valence-electron chi connectivity index (χ2n) is 8.90. The summed E-state index contributed by atoms with van der Waals surface area (Å²) in [5, 5.41) is 3.06. The number of benzene rings is 3. The molecule has 1 saturated carbocycles. The second-order valence-corrected chi connectivity index (χ2v) is 10.8. The van der Waals surface area contributed by atoms with Crippen molar-refractivity contribution in [3.8, 4) is 5.75 Å². The third-order valence-electron chi connectivity index (χ3n) is 6.51. The van der Waals surface area contributed by atoms with Gasteiger partial charge in [0.1, 0.15) is 5.75 Å². The van der Waals surface area contributed by atoms with Crippen molar-refractivity contribution in [2.75, 3.05) is 18.0 Å². The molecule has 1 fully saturated rings. The van der Waals surface area contributed by atoms with Crippen LogP contribution in [0.2, 0.25) is 0 Å². The zero-order chi connectivity index (χ0) is 24.7. The molecule has 6 nitrogen and oxygen atoms in total. The van der Waals surface area contributed by atoms with Gasteiger partial charge in [-0.2, -0.15) is 0 Å². The maximum absolute atomic E-state index is 13.9. The van der Waals surface area contributed by atoms with E-state index >= 15 is 0 Å². The summed E-state index contributed by atoms with van der Waals surface area (Å²) >= 11 is 0. The first-order chi connectivity index (χ1) is 17.0. The molecule has 0 unspecified atom stereocenters. The van der Waals surface area contributed by atoms with Crippen molar-refractivity contribution < 1.29 is 17.9 Å². The fourth-order valence-electron chi connectivity index (χ4n) is 4.53. The maximum Gasteiger partial charge on any atom is 0.264 e. The van der Waals surface area contributed by atoms with Crippen molar-refractivity contribution >= 4 is 21.6 Å². The molecule has 0 bridgehead atoms. The van der Waals surface area contributed by atoms with Crippen LogP contribution in [-0.2, 0) is 16.6 Å². The van der Waals surface area contributed by atoms with Gasteiger partial charge < -0.3 is 10.1 Å². The number of ether oxygens (including phenoxy) is 1. The highest BCUT2D eigenvalue weighted by molar-refractivity contribution is 7.92. The summed E-state index contributed by atoms with van der Waals surface area (Å²) in [5.74, 6) is 0.790. The van der Waals surface area contributed by atoms with Gasteiger partial charge in [-0.05, 0) is 60.7 Å². The third kappa shape index (κ3) is 6.03. The molecule has 184 valence electrons. The maximum atomic E-state index is 13.9. The molecule has 3 aromatic rings. The summed E-state index contributed by atoms with van der Waals surface area (Å²) in [7, 11) is -2.44. The van der Waals surface area contributed by atoms with Gasteiger partial charge in [0, 0.05) is 6.54 Å². The Kier molecular flexibility index (Phi) is 8.08. The molecule has 1 aliphatic rings. The normalized spacial score (nSPS) is 14.3. The lowest BCUT2D eigenvalue weighted by Gasteiger charge is -2.27. The van der Waals surface area contributed by atoms with Crippen LogP contribution >= 0.6 is 0 Å². The number of hydrogen-bond acceptors (Lipinski definition) is 4. The zero-order valence-electron chi connectivity index (χ0n) is 20.0. The number of para-hydroxylation sites is 1. The SMILES string of the molecule is COc1ccc(S(=O)(=O)N(Cc2ccccc2)c2ccccc2C(=O)NCC2CCCCC2)cc1. The number of hydrogen-bond donors (Lipinski definition) is 1. The summed E-state index contributed by atoms with van der Waals surface area (Å²) in [6.07, 6.45) is 5.89. The number of rotatable bonds is 9. The van der Waals surface area contributed by atoms with Crippen LogP contribution in [0.4, 0.5) is 5.69 Å². The van der Waals surface area contributed by atoms with Crippen molar-refractivity contribution in [1.29, 1.82) is 0 Å². The van der Waals surface area contributed by atoms with Crippen LogP contribution in [0, 0.1) is 5.92 Å². The Balaban J connectivity index is 1.68. The number of methoxy groups -OCH3 is 1. The van der Waals surface area contributed by atoms with E-state index in [4.69, 9.17) is 4.74 Å². The Hall–Kier alpha value is -3.32. The van der Waals surface area contributed by atoms with E-state index in [1.807, 2.05) is 30.3 Å². The number of amides is 1. The standard InChI is InChI=1S/C28H32N2O4S/c1-34-24-16-18-25(19-17-24)35(32,33)30(21-23-12-6-3-7-13-23)27-15-9-8-14-26(27)28(31)29-20-22-10-4-2-5-11-22/h3,6-9,12-19,22H,2,4-5,10-11,20-21H2,1H3,(H,29,31). The molecule has 0 aromatic heterocycles. The lowest BCUT2D eigenvalue weighted by molar-refractivity contribution is 0.0944. The fourth-order valence-corrected chi connectivity index (χ4v) is 6.00. The molecule has 1 aliphatic carbocycles. The molecule has 1 N–H and O–H groups in total. The number of anilines is 1. The summed E-state index contributed by atoms with van der Waals surface area (Å²) in [6.45, 7) is 0.708. The molecule has 0 spiro atoms. The molecule has 35 heavy (non-hydrogen) atoms. The van der Waals surface area contributed by atoms with Gasteiger partial charge in [-0.15, -0.1) is 0 Å². The van der Waals surface area contributed by atoms with Crippen LogP contribution in [0.5, 0.6) is 5.75 Å². The van der Waals surface area contributed by atoms with Crippen LogP contribution in [0.3, 0.4) is 0 Å². The predicted octanol–water partition coefficient (Wildman–Crippen LogP) is 5.40. The highest BCUT2D eigenvalue weighted by atomic mass is 32.2. The van der Waals surface area contributed by atoms with Crippen LogP contribution in [-0.4, -0.2) is 28.0 Å². The average molecular weight is 493 g/mol. The van der Waals surface area contributed by atoms with E-state index in [-0.39, 0.29) is 17.3 Å². The minimum atomic E-state index is -3.97. The van der Waals surface area contributed by atoms with E-state index in [0.29, 0.717) is 29.5 Å². The molecular formula is C28H32N2O4S. The monoisotopic (exact) mass is 492 g/mol. The minimum Gasteiger partial charge on any atom is -0.497 e. The molecule has 7 heteroatoms. The van der Waals surface area contributed by atoms with Crippen LogP contribution in [0.25, 0.3) is 0 Å². The summed E-state index contributed by atoms with van der Waals surface area (Å²) in [5.41, 5.74) is 1.52. The van der Waals surface area contributed by atoms with Gasteiger partial charge in [0.05, 0.1) is 29.8 Å². The van der Waals surface area contributed by atoms with Crippen molar-refractivity contribution in [3.63, 3.8) is 0 Å². The van der Waals surface area contributed by atoms with Gasteiger partial charge >= 0.3 is 0 Å². The molecule has 0 atom stereocenters. The van der Waals surface area contributed by atoms with E-state index in [0.717, 1.165) is 18.4 Å². The Morgan fingerprint density at radius 1 is 0.914 bits per heavy atom. The molecule has 0 heterocycles. The Bertz CT molecular complexity index is 1220. The number of nitrogens with one attached hydrogen (secondary N) is 1. The summed E-state index contributed by atoms with van der Waals surface area (Å²) in [4.78, 5) is 13.4. The molecule has 1 amide bonds. The predicted molar refractivity (Wildman–Crippen MR) is 138 cm³/mol. The van der Waals surface area contributed by atoms with E-state index in [2.05, 4.69) is 5.32 Å². The Labute approximate surface area is 208 Å². The van der Waals surface area contributed by atoms with E-state index < -0.39 is 10.0 Å². The average Bonchev–Trinajstić information content (AvgIpc) is 2.91. The minimum absolute atomic E-state index is 0.0993. The summed E-state index contributed by atoms with van der Waals surface area (Å²) in [6, 6.07) is 22.6. The van der Waals surface area contributed by atoms with Crippen molar-refractivity contribution in [2.24, 2.45) is 5.92 Å². The quantitative estimate of drug-likeness (QED) is 0.434. The molecule has 3 aromatic carbocycles. The Morgan fingerprint density at radius 2 is 1.57 bits per heavy atom. The lowest BCUT2D eigenvalue weighted by atomic mass is 9.89. The van der Waals surface area contributed by atoms with Gasteiger partial charge in [0.25, 0.3) is 15.9 Å². The smallest absolute Gasteiger partial charge is 0.264 e. The third-order valence-corrected chi connectivity index (χ3v) is 8.28. The van der Waals surface area contributed by atoms with E-state index in [1.54, 1.807) is 36.4 Å². The number of carbonyl (C=O) groups is 1. The Morgan fingerprint density at radius 3 is 2.26 bits per heavy atom. The van der Waals surface area contributed by atoms with E-state index in [9.17, 15) is 13.2 Å². The van der Waals surface area contributed by atoms with Crippen molar-refractivity contribution in [2.45, 2.75) is 43.5 Å². The van der Waals surface area contributed by atoms with Crippen molar-refractivity contribution in [1.82, 2.24) is 5.32 Å². The number of carbonyl (C=O) groups excluding carboxylic acids is 1. The first-order valence-electron chi connectivity index (χ1n) is 12.1. The molecule has 4 rings (SSSR count). The van der Waals surface area contributed by atoms with Crippen molar-refractivity contribution in [3.05, 3.63) is 90.0 Å². The molecule has 0 saturated heterocycles. The molecular weight excluding hydrogens is 460 g/mol. The topological polar surface area (TPSA) is 75.7 Å². The van der Waals surface area contributed by atoms with Crippen LogP contribution < -0.4 is 14.4 Å². The van der Waals surface area contributed by atoms with Gasteiger partial charge in [0.2, 0.25) is 0 Å². The van der Waals surface area contributed by atoms with Crippen LogP contribution in [0.15, 0.2) is 83.8 Å². The fraction of sp³-hybridized carbons (Fsp3) is 0.321. The van der Waals surface area contributed by atoms with Crippen LogP contribution in [0.1, 0.15) is 48.0 Å².